The molecule has 5 nitrogen and oxygen atoms in total. The number of hydrogen-bond acceptors (Lipinski definition) is 3. The van der Waals surface area contributed by atoms with Crippen molar-refractivity contribution in [2.24, 2.45) is 0 Å². The Bertz CT molecular complexity index is 361. The van der Waals surface area contributed by atoms with Crippen molar-refractivity contribution in [3.05, 3.63) is 23.8 Å². The number of hydrogen-bond donors (Lipinski definition) is 4. The van der Waals surface area contributed by atoms with Gasteiger partial charge in [0.05, 0.1) is 17.5 Å². The van der Waals surface area contributed by atoms with Gasteiger partial charge >= 0.3 is 7.60 Å². The van der Waals surface area contributed by atoms with Crippen LogP contribution in [0.2, 0.25) is 0 Å². The minimum absolute atomic E-state index is 0.242. The Labute approximate surface area is 75.5 Å². The summed E-state index contributed by atoms with van der Waals surface area (Å²) in [6.07, 6.45) is -0.371. The first-order valence-corrected chi connectivity index (χ1v) is 5.37. The highest BCUT2D eigenvalue weighted by Crippen LogP contribution is 2.41. The SMILES string of the molecule is Nc1cccc(CP(=O)(O)O)c1N. The zero-order valence-electron chi connectivity index (χ0n) is 6.84. The second kappa shape index (κ2) is 3.38. The molecule has 0 aliphatic carbocycles. The molecule has 0 spiro atoms. The third kappa shape index (κ3) is 2.73. The van der Waals surface area contributed by atoms with Crippen LogP contribution in [0.3, 0.4) is 0 Å². The van der Waals surface area contributed by atoms with Crippen molar-refractivity contribution < 1.29 is 14.4 Å². The topological polar surface area (TPSA) is 110 Å². The lowest BCUT2D eigenvalue weighted by Crippen LogP contribution is -1.99. The number of para-hydroxylation sites is 1. The Morgan fingerprint density at radius 1 is 1.31 bits per heavy atom. The minimum Gasteiger partial charge on any atom is -0.397 e. The van der Waals surface area contributed by atoms with Gasteiger partial charge in [0.2, 0.25) is 0 Å². The van der Waals surface area contributed by atoms with Crippen molar-refractivity contribution in [3.8, 4) is 0 Å². The molecule has 0 saturated carbocycles. The maximum absolute atomic E-state index is 10.7. The maximum atomic E-state index is 10.7. The number of anilines is 2. The molecule has 0 amide bonds. The minimum atomic E-state index is -4.07. The molecule has 0 heterocycles. The summed E-state index contributed by atoms with van der Waals surface area (Å²) in [6, 6.07) is 4.74. The zero-order chi connectivity index (χ0) is 10.1. The van der Waals surface area contributed by atoms with E-state index in [1.807, 2.05) is 0 Å². The molecule has 0 aliphatic rings. The van der Waals surface area contributed by atoms with Crippen molar-refractivity contribution >= 4 is 19.0 Å². The van der Waals surface area contributed by atoms with Gasteiger partial charge in [-0.25, -0.2) is 0 Å². The molecular weight excluding hydrogens is 191 g/mol. The highest BCUT2D eigenvalue weighted by atomic mass is 31.2. The van der Waals surface area contributed by atoms with Gasteiger partial charge in [-0.05, 0) is 11.6 Å². The molecule has 13 heavy (non-hydrogen) atoms. The molecule has 0 atom stereocenters. The first-order chi connectivity index (χ1) is 5.90. The van der Waals surface area contributed by atoms with Crippen molar-refractivity contribution in [2.45, 2.75) is 6.16 Å². The Morgan fingerprint density at radius 2 is 1.92 bits per heavy atom. The third-order valence-corrected chi connectivity index (χ3v) is 2.36. The van der Waals surface area contributed by atoms with Gasteiger partial charge in [-0.1, -0.05) is 12.1 Å². The van der Waals surface area contributed by atoms with Gasteiger partial charge < -0.3 is 21.3 Å². The standard InChI is InChI=1S/C7H11N2O3P/c8-6-3-1-2-5(7(6)9)4-13(10,11)12/h1-3H,4,8-9H2,(H2,10,11,12). The second-order valence-electron chi connectivity index (χ2n) is 2.74. The summed E-state index contributed by atoms with van der Waals surface area (Å²) in [6.45, 7) is 0. The van der Waals surface area contributed by atoms with Crippen LogP contribution in [-0.4, -0.2) is 9.79 Å². The predicted molar refractivity (Wildman–Crippen MR) is 51.0 cm³/mol. The molecule has 0 unspecified atom stereocenters. The molecule has 6 N–H and O–H groups in total. The summed E-state index contributed by atoms with van der Waals surface area (Å²) in [5.41, 5.74) is 11.9. The average Bonchev–Trinajstić information content (AvgIpc) is 1.96. The molecule has 1 rings (SSSR count). The summed E-state index contributed by atoms with van der Waals surface area (Å²) in [7, 11) is -4.07. The monoisotopic (exact) mass is 202 g/mol. The van der Waals surface area contributed by atoms with E-state index in [-0.39, 0.29) is 11.8 Å². The Kier molecular flexibility index (Phi) is 2.61. The molecule has 0 bridgehead atoms. The van der Waals surface area contributed by atoms with E-state index in [2.05, 4.69) is 0 Å². The molecule has 1 aromatic carbocycles. The number of rotatable bonds is 2. The molecule has 0 radical (unpaired) electrons. The lowest BCUT2D eigenvalue weighted by atomic mass is 10.2. The van der Waals surface area contributed by atoms with E-state index in [9.17, 15) is 4.57 Å². The summed E-state index contributed by atoms with van der Waals surface area (Å²) in [4.78, 5) is 17.4. The van der Waals surface area contributed by atoms with Gasteiger partial charge in [-0.3, -0.25) is 4.57 Å². The van der Waals surface area contributed by atoms with E-state index < -0.39 is 7.60 Å². The number of nitrogen functional groups attached to an aromatic ring is 2. The number of benzene rings is 1. The van der Waals surface area contributed by atoms with Gasteiger partial charge in [-0.15, -0.1) is 0 Å². The van der Waals surface area contributed by atoms with Gasteiger partial charge in [0.15, 0.2) is 0 Å². The second-order valence-corrected chi connectivity index (χ2v) is 4.39. The van der Waals surface area contributed by atoms with Crippen LogP contribution in [0.5, 0.6) is 0 Å². The van der Waals surface area contributed by atoms with Crippen LogP contribution >= 0.6 is 7.60 Å². The zero-order valence-corrected chi connectivity index (χ0v) is 7.74. The molecule has 1 aromatic rings. The fraction of sp³-hybridized carbons (Fsp3) is 0.143. The molecule has 0 fully saturated rings. The normalized spacial score (nSPS) is 11.5. The lowest BCUT2D eigenvalue weighted by Gasteiger charge is -2.08. The Hall–Kier alpha value is -1.03. The fourth-order valence-corrected chi connectivity index (χ4v) is 1.71. The van der Waals surface area contributed by atoms with Crippen LogP contribution in [0.4, 0.5) is 11.4 Å². The summed E-state index contributed by atoms with van der Waals surface area (Å²) >= 11 is 0. The molecule has 72 valence electrons. The Morgan fingerprint density at radius 3 is 2.46 bits per heavy atom. The van der Waals surface area contributed by atoms with Crippen LogP contribution in [0.1, 0.15) is 5.56 Å². The van der Waals surface area contributed by atoms with Crippen molar-refractivity contribution in [1.29, 1.82) is 0 Å². The average molecular weight is 202 g/mol. The summed E-state index contributed by atoms with van der Waals surface area (Å²) in [5, 5.41) is 0. The number of nitrogens with two attached hydrogens (primary N) is 2. The molecule has 6 heteroatoms. The summed E-state index contributed by atoms with van der Waals surface area (Å²) < 4.78 is 10.7. The molecule has 0 aliphatic heterocycles. The molecule has 0 aromatic heterocycles. The van der Waals surface area contributed by atoms with Gasteiger partial charge in [0.25, 0.3) is 0 Å². The highest BCUT2D eigenvalue weighted by Gasteiger charge is 2.16. The lowest BCUT2D eigenvalue weighted by molar-refractivity contribution is 0.372. The largest absolute Gasteiger partial charge is 0.397 e. The molecule has 0 saturated heterocycles. The first-order valence-electron chi connectivity index (χ1n) is 3.57. The van der Waals surface area contributed by atoms with Gasteiger partial charge in [0.1, 0.15) is 0 Å². The predicted octanol–water partition coefficient (Wildman–Crippen LogP) is 0.529. The maximum Gasteiger partial charge on any atom is 0.329 e. The van der Waals surface area contributed by atoms with E-state index in [0.29, 0.717) is 11.3 Å². The van der Waals surface area contributed by atoms with Crippen molar-refractivity contribution in [3.63, 3.8) is 0 Å². The Balaban J connectivity index is 3.03. The summed E-state index contributed by atoms with van der Waals surface area (Å²) in [5.74, 6) is 0. The van der Waals surface area contributed by atoms with Gasteiger partial charge in [-0.2, -0.15) is 0 Å². The van der Waals surface area contributed by atoms with Crippen LogP contribution in [-0.2, 0) is 10.7 Å². The quantitative estimate of drug-likeness (QED) is 0.413. The third-order valence-electron chi connectivity index (χ3n) is 1.61. The van der Waals surface area contributed by atoms with E-state index in [1.54, 1.807) is 18.2 Å². The van der Waals surface area contributed by atoms with Crippen molar-refractivity contribution in [1.82, 2.24) is 0 Å². The van der Waals surface area contributed by atoms with E-state index in [1.165, 1.54) is 0 Å². The first kappa shape index (κ1) is 10.1. The van der Waals surface area contributed by atoms with E-state index in [0.717, 1.165) is 0 Å². The van der Waals surface area contributed by atoms with E-state index in [4.69, 9.17) is 21.3 Å². The van der Waals surface area contributed by atoms with Crippen molar-refractivity contribution in [2.75, 3.05) is 11.5 Å². The van der Waals surface area contributed by atoms with Crippen LogP contribution in [0.25, 0.3) is 0 Å². The van der Waals surface area contributed by atoms with Crippen LogP contribution in [0.15, 0.2) is 18.2 Å². The van der Waals surface area contributed by atoms with E-state index >= 15 is 0 Å². The van der Waals surface area contributed by atoms with Crippen LogP contribution in [0, 0.1) is 0 Å². The van der Waals surface area contributed by atoms with Crippen LogP contribution < -0.4 is 11.5 Å². The smallest absolute Gasteiger partial charge is 0.329 e. The highest BCUT2D eigenvalue weighted by molar-refractivity contribution is 7.50. The molecular formula is C7H11N2O3P. The fourth-order valence-electron chi connectivity index (χ4n) is 0.993. The van der Waals surface area contributed by atoms with Gasteiger partial charge in [0, 0.05) is 0 Å².